The Balaban J connectivity index is 1.68. The van der Waals surface area contributed by atoms with E-state index >= 15 is 0 Å². The van der Waals surface area contributed by atoms with E-state index in [0.717, 1.165) is 26.9 Å². The lowest BCUT2D eigenvalue weighted by Gasteiger charge is -2.20. The maximum absolute atomic E-state index is 13.4. The third-order valence-corrected chi connectivity index (χ3v) is 6.94. The highest BCUT2D eigenvalue weighted by atomic mass is 35.5. The van der Waals surface area contributed by atoms with Crippen LogP contribution in [0.1, 0.15) is 42.0 Å². The molecular formula is C26H25ClN2OS. The summed E-state index contributed by atoms with van der Waals surface area (Å²) in [4.78, 5) is 20.0. The van der Waals surface area contributed by atoms with Gasteiger partial charge >= 0.3 is 0 Å². The Morgan fingerprint density at radius 1 is 1.00 bits per heavy atom. The van der Waals surface area contributed by atoms with Gasteiger partial charge in [0.2, 0.25) is 5.91 Å². The van der Waals surface area contributed by atoms with Crippen LogP contribution in [-0.4, -0.2) is 10.9 Å². The van der Waals surface area contributed by atoms with E-state index in [9.17, 15) is 4.79 Å². The second-order valence-corrected chi connectivity index (χ2v) is 9.46. The lowest BCUT2D eigenvalue weighted by Crippen LogP contribution is -2.31. The zero-order valence-corrected chi connectivity index (χ0v) is 19.5. The van der Waals surface area contributed by atoms with Crippen molar-refractivity contribution in [1.82, 2.24) is 4.98 Å². The molecule has 158 valence electrons. The Bertz CT molecular complexity index is 1160. The molecular weight excluding hydrogens is 424 g/mol. The fourth-order valence-electron chi connectivity index (χ4n) is 3.53. The van der Waals surface area contributed by atoms with Crippen molar-refractivity contribution < 1.29 is 4.79 Å². The number of rotatable bonds is 6. The second kappa shape index (κ2) is 9.21. The molecule has 0 N–H and O–H groups in total. The number of carbonyl (C=O) groups is 1. The van der Waals surface area contributed by atoms with Crippen molar-refractivity contribution in [3.05, 3.63) is 94.0 Å². The lowest BCUT2D eigenvalue weighted by molar-refractivity contribution is -0.118. The number of hydrogen-bond acceptors (Lipinski definition) is 3. The van der Waals surface area contributed by atoms with Gasteiger partial charge in [0.1, 0.15) is 0 Å². The van der Waals surface area contributed by atoms with Crippen LogP contribution in [0.4, 0.5) is 5.13 Å². The van der Waals surface area contributed by atoms with Gasteiger partial charge in [0.25, 0.3) is 0 Å². The average molecular weight is 449 g/mol. The molecule has 0 radical (unpaired) electrons. The molecule has 0 spiro atoms. The highest BCUT2D eigenvalue weighted by molar-refractivity contribution is 7.23. The van der Waals surface area contributed by atoms with Crippen molar-refractivity contribution in [2.45, 2.75) is 39.7 Å². The molecule has 4 rings (SSSR count). The summed E-state index contributed by atoms with van der Waals surface area (Å²) in [6.07, 6.45) is 0.327. The van der Waals surface area contributed by atoms with Crippen molar-refractivity contribution in [2.75, 3.05) is 4.90 Å². The molecule has 0 atom stereocenters. The average Bonchev–Trinajstić information content (AvgIpc) is 3.22. The van der Waals surface area contributed by atoms with Crippen LogP contribution < -0.4 is 4.90 Å². The molecule has 4 aromatic rings. The SMILES string of the molecule is Cc1ccc(Cl)c2sc(N(Cc3ccccc3)C(=O)Cc3ccc(C(C)C)cc3)nc12. The summed E-state index contributed by atoms with van der Waals surface area (Å²) in [6.45, 7) is 6.83. The Labute approximate surface area is 192 Å². The summed E-state index contributed by atoms with van der Waals surface area (Å²) < 4.78 is 0.920. The van der Waals surface area contributed by atoms with Crippen LogP contribution in [0.2, 0.25) is 5.02 Å². The number of benzene rings is 3. The number of amides is 1. The van der Waals surface area contributed by atoms with Crippen molar-refractivity contribution in [1.29, 1.82) is 0 Å². The second-order valence-electron chi connectivity index (χ2n) is 8.08. The Hall–Kier alpha value is -2.69. The quantitative estimate of drug-likeness (QED) is 0.313. The molecule has 1 amide bonds. The number of carbonyl (C=O) groups excluding carboxylic acids is 1. The fourth-order valence-corrected chi connectivity index (χ4v) is 4.86. The Kier molecular flexibility index (Phi) is 6.40. The molecule has 5 heteroatoms. The molecule has 0 aliphatic heterocycles. The minimum atomic E-state index is 0.0222. The van der Waals surface area contributed by atoms with Gasteiger partial charge in [-0.2, -0.15) is 0 Å². The van der Waals surface area contributed by atoms with Crippen molar-refractivity contribution in [3.63, 3.8) is 0 Å². The molecule has 0 unspecified atom stereocenters. The van der Waals surface area contributed by atoms with E-state index < -0.39 is 0 Å². The molecule has 1 aromatic heterocycles. The highest BCUT2D eigenvalue weighted by Gasteiger charge is 2.22. The summed E-state index contributed by atoms with van der Waals surface area (Å²) in [5.41, 5.74) is 5.25. The fraction of sp³-hybridized carbons (Fsp3) is 0.231. The Morgan fingerprint density at radius 2 is 1.71 bits per heavy atom. The third kappa shape index (κ3) is 4.81. The topological polar surface area (TPSA) is 33.2 Å². The van der Waals surface area contributed by atoms with Crippen LogP contribution in [0.15, 0.2) is 66.7 Å². The zero-order valence-electron chi connectivity index (χ0n) is 17.9. The zero-order chi connectivity index (χ0) is 22.0. The van der Waals surface area contributed by atoms with E-state index in [1.165, 1.54) is 16.9 Å². The van der Waals surface area contributed by atoms with Crippen molar-refractivity contribution in [3.8, 4) is 0 Å². The van der Waals surface area contributed by atoms with Crippen LogP contribution in [-0.2, 0) is 17.8 Å². The molecule has 0 saturated carbocycles. The maximum Gasteiger partial charge on any atom is 0.233 e. The van der Waals surface area contributed by atoms with Crippen molar-refractivity contribution in [2.24, 2.45) is 0 Å². The summed E-state index contributed by atoms with van der Waals surface area (Å²) in [7, 11) is 0. The summed E-state index contributed by atoms with van der Waals surface area (Å²) in [6, 6.07) is 22.2. The first-order chi connectivity index (χ1) is 14.9. The number of aromatic nitrogens is 1. The summed E-state index contributed by atoms with van der Waals surface area (Å²) in [5, 5.41) is 1.35. The van der Waals surface area contributed by atoms with Crippen molar-refractivity contribution >= 4 is 44.2 Å². The van der Waals surface area contributed by atoms with E-state index in [4.69, 9.17) is 16.6 Å². The first-order valence-electron chi connectivity index (χ1n) is 10.4. The van der Waals surface area contributed by atoms with Crippen LogP contribution in [0.25, 0.3) is 10.2 Å². The molecule has 0 aliphatic rings. The van der Waals surface area contributed by atoms with Crippen LogP contribution in [0.3, 0.4) is 0 Å². The monoisotopic (exact) mass is 448 g/mol. The van der Waals surface area contributed by atoms with Gasteiger partial charge in [0.15, 0.2) is 5.13 Å². The smallest absolute Gasteiger partial charge is 0.233 e. The number of fused-ring (bicyclic) bond motifs is 1. The van der Waals surface area contributed by atoms with Gasteiger partial charge < -0.3 is 0 Å². The summed E-state index contributed by atoms with van der Waals surface area (Å²) >= 11 is 7.90. The molecule has 0 saturated heterocycles. The van der Waals surface area contributed by atoms with Gasteiger partial charge in [-0.1, -0.05) is 97.4 Å². The number of thiazole rings is 1. The van der Waals surface area contributed by atoms with Gasteiger partial charge in [-0.25, -0.2) is 4.98 Å². The molecule has 31 heavy (non-hydrogen) atoms. The number of halogens is 1. The first kappa shape index (κ1) is 21.5. The third-order valence-electron chi connectivity index (χ3n) is 5.40. The minimum absolute atomic E-state index is 0.0222. The van der Waals surface area contributed by atoms with Crippen LogP contribution in [0.5, 0.6) is 0 Å². The number of hydrogen-bond donors (Lipinski definition) is 0. The standard InChI is InChI=1S/C26H25ClN2OS/c1-17(2)21-12-10-19(11-13-21)15-23(30)29(16-20-7-5-4-6-8-20)26-28-24-18(3)9-14-22(27)25(24)31-26/h4-14,17H,15-16H2,1-3H3. The van der Waals surface area contributed by atoms with E-state index in [0.29, 0.717) is 29.0 Å². The maximum atomic E-state index is 13.4. The van der Waals surface area contributed by atoms with Gasteiger partial charge in [-0.3, -0.25) is 9.69 Å². The van der Waals surface area contributed by atoms with E-state index in [1.807, 2.05) is 61.5 Å². The van der Waals surface area contributed by atoms with Crippen LogP contribution >= 0.6 is 22.9 Å². The normalized spacial score (nSPS) is 11.3. The summed E-state index contributed by atoms with van der Waals surface area (Å²) in [5.74, 6) is 0.490. The molecule has 0 fully saturated rings. The van der Waals surface area contributed by atoms with Crippen LogP contribution in [0, 0.1) is 6.92 Å². The number of aryl methyl sites for hydroxylation is 1. The van der Waals surface area contributed by atoms with E-state index in [-0.39, 0.29) is 5.91 Å². The van der Waals surface area contributed by atoms with Gasteiger partial charge in [-0.05, 0) is 41.2 Å². The number of anilines is 1. The van der Waals surface area contributed by atoms with E-state index in [2.05, 4.69) is 26.0 Å². The van der Waals surface area contributed by atoms with E-state index in [1.54, 1.807) is 4.90 Å². The minimum Gasteiger partial charge on any atom is -0.283 e. The molecule has 3 aromatic carbocycles. The number of nitrogens with zero attached hydrogens (tertiary/aromatic N) is 2. The lowest BCUT2D eigenvalue weighted by atomic mass is 10.0. The first-order valence-corrected chi connectivity index (χ1v) is 11.6. The largest absolute Gasteiger partial charge is 0.283 e. The van der Waals surface area contributed by atoms with Gasteiger partial charge in [-0.15, -0.1) is 0 Å². The molecule has 0 aliphatic carbocycles. The van der Waals surface area contributed by atoms with Gasteiger partial charge in [0, 0.05) is 0 Å². The van der Waals surface area contributed by atoms with Gasteiger partial charge in [0.05, 0.1) is 28.2 Å². The molecule has 1 heterocycles. The Morgan fingerprint density at radius 3 is 2.35 bits per heavy atom. The molecule has 0 bridgehead atoms. The predicted molar refractivity (Wildman–Crippen MR) is 131 cm³/mol. The predicted octanol–water partition coefficient (Wildman–Crippen LogP) is 7.16. The molecule has 3 nitrogen and oxygen atoms in total. The highest BCUT2D eigenvalue weighted by Crippen LogP contribution is 2.36.